The zero-order chi connectivity index (χ0) is 12.3. The van der Waals surface area contributed by atoms with Crippen LogP contribution in [0.3, 0.4) is 0 Å². The summed E-state index contributed by atoms with van der Waals surface area (Å²) in [5.74, 6) is 0. The van der Waals surface area contributed by atoms with Gasteiger partial charge >= 0.3 is 0 Å². The van der Waals surface area contributed by atoms with Gasteiger partial charge in [-0.05, 0) is 46.1 Å². The largest absolute Gasteiger partial charge is 0.371 e. The van der Waals surface area contributed by atoms with Gasteiger partial charge in [-0.2, -0.15) is 0 Å². The monoisotopic (exact) mass is 240 g/mol. The molecule has 1 aliphatic carbocycles. The fourth-order valence-corrected chi connectivity index (χ4v) is 2.75. The molecule has 3 heteroatoms. The zero-order valence-corrected chi connectivity index (χ0v) is 11.7. The summed E-state index contributed by atoms with van der Waals surface area (Å²) in [6.45, 7) is 11.2. The second-order valence-corrected chi connectivity index (χ2v) is 6.10. The Labute approximate surface area is 106 Å². The van der Waals surface area contributed by atoms with Crippen LogP contribution in [-0.2, 0) is 4.74 Å². The lowest BCUT2D eigenvalue weighted by Gasteiger charge is -2.22. The van der Waals surface area contributed by atoms with Crippen LogP contribution in [0.4, 0.5) is 0 Å². The van der Waals surface area contributed by atoms with Crippen LogP contribution in [0.2, 0.25) is 0 Å². The van der Waals surface area contributed by atoms with Gasteiger partial charge in [-0.3, -0.25) is 4.90 Å². The third-order valence-electron chi connectivity index (χ3n) is 3.97. The fraction of sp³-hybridized carbons (Fsp3) is 1.00. The van der Waals surface area contributed by atoms with Crippen molar-refractivity contribution in [3.63, 3.8) is 0 Å². The summed E-state index contributed by atoms with van der Waals surface area (Å²) in [5.41, 5.74) is 0.107. The highest BCUT2D eigenvalue weighted by atomic mass is 16.5. The van der Waals surface area contributed by atoms with Gasteiger partial charge in [-0.15, -0.1) is 0 Å². The lowest BCUT2D eigenvalue weighted by Crippen LogP contribution is -2.37. The molecule has 17 heavy (non-hydrogen) atoms. The Bertz CT molecular complexity index is 238. The van der Waals surface area contributed by atoms with E-state index in [-0.39, 0.29) is 5.60 Å². The highest BCUT2D eigenvalue weighted by Gasteiger charge is 2.31. The molecule has 2 aliphatic rings. The molecule has 100 valence electrons. The third-order valence-corrected chi connectivity index (χ3v) is 3.97. The van der Waals surface area contributed by atoms with E-state index in [1.807, 2.05) is 0 Å². The molecule has 0 aromatic carbocycles. The van der Waals surface area contributed by atoms with Crippen LogP contribution in [0.1, 0.15) is 46.5 Å². The van der Waals surface area contributed by atoms with E-state index < -0.39 is 0 Å². The van der Waals surface area contributed by atoms with Crippen LogP contribution in [-0.4, -0.2) is 48.8 Å². The maximum atomic E-state index is 5.97. The van der Waals surface area contributed by atoms with Gasteiger partial charge in [0.05, 0.1) is 11.7 Å². The summed E-state index contributed by atoms with van der Waals surface area (Å²) in [6, 6.07) is 0.892. The molecular weight excluding hydrogens is 212 g/mol. The lowest BCUT2D eigenvalue weighted by molar-refractivity contribution is -0.0142. The highest BCUT2D eigenvalue weighted by molar-refractivity contribution is 4.85. The number of rotatable bonds is 7. The molecule has 1 saturated carbocycles. The SMILES string of the molecule is CCN(CCNCC1CCC(C)(C)O1)C1CC1. The molecule has 1 heterocycles. The van der Waals surface area contributed by atoms with Crippen molar-refractivity contribution in [3.8, 4) is 0 Å². The van der Waals surface area contributed by atoms with E-state index in [0.717, 1.165) is 19.1 Å². The van der Waals surface area contributed by atoms with Crippen molar-refractivity contribution in [2.24, 2.45) is 0 Å². The van der Waals surface area contributed by atoms with Gasteiger partial charge in [-0.25, -0.2) is 0 Å². The van der Waals surface area contributed by atoms with E-state index in [1.54, 1.807) is 0 Å². The number of hydrogen-bond donors (Lipinski definition) is 1. The summed E-state index contributed by atoms with van der Waals surface area (Å²) >= 11 is 0. The maximum Gasteiger partial charge on any atom is 0.0707 e. The Morgan fingerprint density at radius 1 is 1.29 bits per heavy atom. The molecule has 0 radical (unpaired) electrons. The lowest BCUT2D eigenvalue weighted by atomic mass is 10.1. The van der Waals surface area contributed by atoms with Gasteiger partial charge in [0.25, 0.3) is 0 Å². The summed E-state index contributed by atoms with van der Waals surface area (Å²) in [4.78, 5) is 2.59. The number of nitrogens with zero attached hydrogens (tertiary/aromatic N) is 1. The summed E-state index contributed by atoms with van der Waals surface area (Å²) in [7, 11) is 0. The molecule has 1 unspecified atom stereocenters. The van der Waals surface area contributed by atoms with Gasteiger partial charge in [0.2, 0.25) is 0 Å². The average Bonchev–Trinajstić information content (AvgIpc) is 3.04. The zero-order valence-electron chi connectivity index (χ0n) is 11.7. The van der Waals surface area contributed by atoms with E-state index in [0.29, 0.717) is 6.10 Å². The number of ether oxygens (including phenoxy) is 1. The van der Waals surface area contributed by atoms with Crippen LogP contribution in [0.15, 0.2) is 0 Å². The number of likely N-dealkylation sites (N-methyl/N-ethyl adjacent to an activating group) is 1. The second-order valence-electron chi connectivity index (χ2n) is 6.10. The van der Waals surface area contributed by atoms with Gasteiger partial charge in [0.15, 0.2) is 0 Å². The normalized spacial score (nSPS) is 27.9. The second kappa shape index (κ2) is 5.68. The van der Waals surface area contributed by atoms with Crippen LogP contribution in [0, 0.1) is 0 Å². The first-order valence-electron chi connectivity index (χ1n) is 7.23. The quantitative estimate of drug-likeness (QED) is 0.689. The summed E-state index contributed by atoms with van der Waals surface area (Å²) < 4.78 is 5.97. The standard InChI is InChI=1S/C14H28N2O/c1-4-16(12-5-6-12)10-9-15-11-13-7-8-14(2,3)17-13/h12-13,15H,4-11H2,1-3H3. The van der Waals surface area contributed by atoms with Gasteiger partial charge in [0.1, 0.15) is 0 Å². The molecular formula is C14H28N2O. The Morgan fingerprint density at radius 2 is 2.06 bits per heavy atom. The molecule has 1 N–H and O–H groups in total. The Kier molecular flexibility index (Phi) is 4.45. The van der Waals surface area contributed by atoms with E-state index in [1.165, 1.54) is 38.8 Å². The molecule has 2 fully saturated rings. The highest BCUT2D eigenvalue weighted by Crippen LogP contribution is 2.29. The van der Waals surface area contributed by atoms with Crippen molar-refractivity contribution in [1.82, 2.24) is 10.2 Å². The summed E-state index contributed by atoms with van der Waals surface area (Å²) in [5, 5.41) is 3.55. The number of nitrogens with one attached hydrogen (secondary N) is 1. The fourth-order valence-electron chi connectivity index (χ4n) is 2.75. The van der Waals surface area contributed by atoms with Crippen molar-refractivity contribution < 1.29 is 4.74 Å². The first kappa shape index (κ1) is 13.3. The Hall–Kier alpha value is -0.120. The first-order valence-corrected chi connectivity index (χ1v) is 7.23. The minimum absolute atomic E-state index is 0.107. The molecule has 0 bridgehead atoms. The first-order chi connectivity index (χ1) is 8.11. The molecule has 1 atom stereocenters. The van der Waals surface area contributed by atoms with Crippen molar-refractivity contribution in [3.05, 3.63) is 0 Å². The predicted molar refractivity (Wildman–Crippen MR) is 71.3 cm³/mol. The molecule has 3 nitrogen and oxygen atoms in total. The molecule has 0 amide bonds. The van der Waals surface area contributed by atoms with Gasteiger partial charge < -0.3 is 10.1 Å². The van der Waals surface area contributed by atoms with E-state index in [4.69, 9.17) is 4.74 Å². The maximum absolute atomic E-state index is 5.97. The van der Waals surface area contributed by atoms with Crippen molar-refractivity contribution in [2.75, 3.05) is 26.2 Å². The average molecular weight is 240 g/mol. The topological polar surface area (TPSA) is 24.5 Å². The molecule has 0 aromatic heterocycles. The van der Waals surface area contributed by atoms with Gasteiger partial charge in [-0.1, -0.05) is 6.92 Å². The van der Waals surface area contributed by atoms with E-state index in [2.05, 4.69) is 31.0 Å². The Balaban J connectivity index is 1.54. The predicted octanol–water partition coefficient (Wildman–Crippen LogP) is 2.02. The van der Waals surface area contributed by atoms with Gasteiger partial charge in [0, 0.05) is 25.7 Å². The molecule has 1 aliphatic heterocycles. The van der Waals surface area contributed by atoms with E-state index in [9.17, 15) is 0 Å². The Morgan fingerprint density at radius 3 is 2.59 bits per heavy atom. The van der Waals surface area contributed by atoms with Crippen LogP contribution in [0.25, 0.3) is 0 Å². The number of hydrogen-bond acceptors (Lipinski definition) is 3. The smallest absolute Gasteiger partial charge is 0.0707 e. The minimum atomic E-state index is 0.107. The van der Waals surface area contributed by atoms with Crippen LogP contribution >= 0.6 is 0 Å². The van der Waals surface area contributed by atoms with Crippen LogP contribution in [0.5, 0.6) is 0 Å². The van der Waals surface area contributed by atoms with Crippen molar-refractivity contribution in [1.29, 1.82) is 0 Å². The molecule has 1 saturated heterocycles. The summed E-state index contributed by atoms with van der Waals surface area (Å²) in [6.07, 6.45) is 5.66. The molecule has 2 rings (SSSR count). The van der Waals surface area contributed by atoms with Crippen LogP contribution < -0.4 is 5.32 Å². The van der Waals surface area contributed by atoms with Crippen molar-refractivity contribution in [2.45, 2.75) is 64.2 Å². The minimum Gasteiger partial charge on any atom is -0.371 e. The third kappa shape index (κ3) is 4.23. The molecule has 0 aromatic rings. The van der Waals surface area contributed by atoms with E-state index >= 15 is 0 Å². The van der Waals surface area contributed by atoms with Crippen molar-refractivity contribution >= 4 is 0 Å². The molecule has 0 spiro atoms.